The van der Waals surface area contributed by atoms with Crippen molar-refractivity contribution >= 4 is 5.78 Å². The van der Waals surface area contributed by atoms with E-state index in [0.29, 0.717) is 31.1 Å². The Labute approximate surface area is 180 Å². The highest BCUT2D eigenvalue weighted by molar-refractivity contribution is 5.92. The Morgan fingerprint density at radius 3 is 2.58 bits per heavy atom. The molecule has 0 aliphatic rings. The molecule has 0 unspecified atom stereocenters. The number of rotatable bonds is 8. The second-order valence-corrected chi connectivity index (χ2v) is 7.86. The number of hydrogen-bond donors (Lipinski definition) is 1. The van der Waals surface area contributed by atoms with Crippen molar-refractivity contribution in [1.82, 2.24) is 35.4 Å². The number of carbonyl (C=O) groups is 1. The molecule has 0 atom stereocenters. The molecule has 0 saturated carbocycles. The van der Waals surface area contributed by atoms with Gasteiger partial charge in [-0.05, 0) is 33.9 Å². The number of H-pyrrole nitrogens is 1. The van der Waals surface area contributed by atoms with Crippen molar-refractivity contribution in [1.29, 1.82) is 0 Å². The highest BCUT2D eigenvalue weighted by atomic mass is 16.1. The average molecular weight is 416 g/mol. The quantitative estimate of drug-likeness (QED) is 0.437. The van der Waals surface area contributed by atoms with Gasteiger partial charge in [0.05, 0.1) is 0 Å². The van der Waals surface area contributed by atoms with Gasteiger partial charge in [0, 0.05) is 24.9 Å². The molecule has 2 heterocycles. The fraction of sp³-hybridized carbons (Fsp3) is 0.304. The van der Waals surface area contributed by atoms with Crippen molar-refractivity contribution in [3.05, 3.63) is 65.7 Å². The van der Waals surface area contributed by atoms with E-state index < -0.39 is 0 Å². The zero-order valence-corrected chi connectivity index (χ0v) is 17.9. The van der Waals surface area contributed by atoms with Crippen LogP contribution in [0, 0.1) is 5.92 Å². The van der Waals surface area contributed by atoms with Gasteiger partial charge in [0.2, 0.25) is 17.4 Å². The first kappa shape index (κ1) is 20.6. The summed E-state index contributed by atoms with van der Waals surface area (Å²) in [5.41, 5.74) is 4.02. The van der Waals surface area contributed by atoms with E-state index in [-0.39, 0.29) is 11.6 Å². The molecule has 0 spiro atoms. The van der Waals surface area contributed by atoms with Crippen molar-refractivity contribution in [2.24, 2.45) is 5.92 Å². The molecule has 2 aromatic heterocycles. The number of aromatic amines is 1. The van der Waals surface area contributed by atoms with Crippen LogP contribution < -0.4 is 0 Å². The number of tetrazole rings is 1. The molecule has 0 fully saturated rings. The Morgan fingerprint density at radius 2 is 1.90 bits per heavy atom. The highest BCUT2D eigenvalue weighted by Gasteiger charge is 2.18. The lowest BCUT2D eigenvalue weighted by atomic mass is 9.96. The lowest BCUT2D eigenvalue weighted by Gasteiger charge is -2.11. The summed E-state index contributed by atoms with van der Waals surface area (Å²) in [5, 5.41) is 19.1. The Kier molecular flexibility index (Phi) is 5.97. The van der Waals surface area contributed by atoms with Gasteiger partial charge in [-0.3, -0.25) is 4.79 Å². The predicted octanol–water partition coefficient (Wildman–Crippen LogP) is 3.96. The van der Waals surface area contributed by atoms with Gasteiger partial charge >= 0.3 is 0 Å². The highest BCUT2D eigenvalue weighted by Crippen LogP contribution is 2.31. The predicted molar refractivity (Wildman–Crippen MR) is 117 cm³/mol. The summed E-state index contributed by atoms with van der Waals surface area (Å²) >= 11 is 0. The van der Waals surface area contributed by atoms with Gasteiger partial charge in [-0.1, -0.05) is 63.2 Å². The van der Waals surface area contributed by atoms with Crippen molar-refractivity contribution in [2.75, 3.05) is 0 Å². The van der Waals surface area contributed by atoms with E-state index in [1.807, 2.05) is 29.8 Å². The largest absolute Gasteiger partial charge is 0.291 e. The lowest BCUT2D eigenvalue weighted by molar-refractivity contribution is 0.0977. The molecule has 158 valence electrons. The molecular weight excluding hydrogens is 390 g/mol. The number of nitrogens with one attached hydrogen (secondary N) is 1. The van der Waals surface area contributed by atoms with Gasteiger partial charge in [0.25, 0.3) is 0 Å². The average Bonchev–Trinajstić information content (AvgIpc) is 3.44. The number of ketones is 1. The minimum atomic E-state index is -0.0457. The van der Waals surface area contributed by atoms with Crippen LogP contribution in [0.4, 0.5) is 0 Å². The number of carbonyl (C=O) groups excluding carboxylic acids is 1. The minimum Gasteiger partial charge on any atom is -0.291 e. The fourth-order valence-electron chi connectivity index (χ4n) is 3.49. The second-order valence-electron chi connectivity index (χ2n) is 7.86. The van der Waals surface area contributed by atoms with Crippen LogP contribution >= 0.6 is 0 Å². The van der Waals surface area contributed by atoms with Crippen molar-refractivity contribution in [3.63, 3.8) is 0 Å². The maximum atomic E-state index is 12.2. The molecule has 0 bridgehead atoms. The van der Waals surface area contributed by atoms with Crippen LogP contribution in [-0.4, -0.2) is 41.2 Å². The Balaban J connectivity index is 1.74. The van der Waals surface area contributed by atoms with E-state index in [9.17, 15) is 4.79 Å². The molecule has 0 aliphatic carbocycles. The van der Waals surface area contributed by atoms with E-state index in [4.69, 9.17) is 0 Å². The van der Waals surface area contributed by atoms with Crippen LogP contribution in [0.2, 0.25) is 0 Å². The van der Waals surface area contributed by atoms with Crippen molar-refractivity contribution in [3.8, 4) is 22.5 Å². The monoisotopic (exact) mass is 415 g/mol. The molecule has 8 heteroatoms. The minimum absolute atomic E-state index is 0.0457. The first-order valence-electron chi connectivity index (χ1n) is 10.4. The summed E-state index contributed by atoms with van der Waals surface area (Å²) in [6.45, 7) is 6.77. The van der Waals surface area contributed by atoms with Gasteiger partial charge in [0.15, 0.2) is 0 Å². The van der Waals surface area contributed by atoms with E-state index in [2.05, 4.69) is 74.9 Å². The number of Topliss-reactive ketones (excluding diaryl/α,β-unsaturated/α-hetero) is 1. The molecule has 8 nitrogen and oxygen atoms in total. The molecule has 2 aromatic carbocycles. The summed E-state index contributed by atoms with van der Waals surface area (Å²) < 4.78 is 1.85. The molecule has 4 rings (SSSR count). The summed E-state index contributed by atoms with van der Waals surface area (Å²) in [7, 11) is 0. The molecule has 31 heavy (non-hydrogen) atoms. The van der Waals surface area contributed by atoms with Crippen LogP contribution in [0.1, 0.15) is 49.2 Å². The van der Waals surface area contributed by atoms with Crippen LogP contribution in [0.5, 0.6) is 0 Å². The molecule has 4 aromatic rings. The van der Waals surface area contributed by atoms with E-state index in [0.717, 1.165) is 28.1 Å². The standard InChI is InChI=1S/C23H25N7O/c1-4-20(31)23-24-21(30(27-23)14-15(2)3)13-16-10-11-18(17-8-6-5-7-9-17)19(12-16)22-25-28-29-26-22/h5-12,15H,4,13-14H2,1-3H3,(H,25,26,28,29). The third-order valence-electron chi connectivity index (χ3n) is 4.97. The van der Waals surface area contributed by atoms with Gasteiger partial charge < -0.3 is 0 Å². The zero-order chi connectivity index (χ0) is 21.8. The molecule has 0 aliphatic heterocycles. The molecular formula is C23H25N7O. The van der Waals surface area contributed by atoms with Crippen LogP contribution in [0.15, 0.2) is 48.5 Å². The molecule has 0 amide bonds. The number of nitrogens with zero attached hydrogens (tertiary/aromatic N) is 6. The van der Waals surface area contributed by atoms with Crippen LogP contribution in [0.3, 0.4) is 0 Å². The topological polar surface area (TPSA) is 102 Å². The molecule has 0 radical (unpaired) electrons. The number of aromatic nitrogens is 7. The Hall–Kier alpha value is -3.68. The SMILES string of the molecule is CCC(=O)c1nc(Cc2ccc(-c3ccccc3)c(-c3nn[nH]n3)c2)n(CC(C)C)n1. The third kappa shape index (κ3) is 4.58. The van der Waals surface area contributed by atoms with E-state index >= 15 is 0 Å². The first-order valence-corrected chi connectivity index (χ1v) is 10.4. The fourth-order valence-corrected chi connectivity index (χ4v) is 3.49. The number of hydrogen-bond acceptors (Lipinski definition) is 6. The summed E-state index contributed by atoms with van der Waals surface area (Å²) in [6.07, 6.45) is 0.940. The van der Waals surface area contributed by atoms with Gasteiger partial charge in [0.1, 0.15) is 5.82 Å². The van der Waals surface area contributed by atoms with Crippen molar-refractivity contribution in [2.45, 2.75) is 40.2 Å². The van der Waals surface area contributed by atoms with E-state index in [1.54, 1.807) is 0 Å². The van der Waals surface area contributed by atoms with Crippen LogP contribution in [-0.2, 0) is 13.0 Å². The molecule has 0 saturated heterocycles. The zero-order valence-electron chi connectivity index (χ0n) is 17.9. The lowest BCUT2D eigenvalue weighted by Crippen LogP contribution is -2.11. The van der Waals surface area contributed by atoms with Gasteiger partial charge in [-0.15, -0.1) is 15.3 Å². The third-order valence-corrected chi connectivity index (χ3v) is 4.97. The summed E-state index contributed by atoms with van der Waals surface area (Å²) in [6, 6.07) is 16.3. The van der Waals surface area contributed by atoms with Gasteiger partial charge in [-0.2, -0.15) is 5.21 Å². The van der Waals surface area contributed by atoms with Crippen molar-refractivity contribution < 1.29 is 4.79 Å². The normalized spacial score (nSPS) is 11.2. The van der Waals surface area contributed by atoms with Gasteiger partial charge in [-0.25, -0.2) is 9.67 Å². The summed E-state index contributed by atoms with van der Waals surface area (Å²) in [5.74, 6) is 1.94. The Morgan fingerprint density at radius 1 is 1.10 bits per heavy atom. The second kappa shape index (κ2) is 8.99. The molecule has 1 N–H and O–H groups in total. The van der Waals surface area contributed by atoms with Crippen LogP contribution in [0.25, 0.3) is 22.5 Å². The maximum absolute atomic E-state index is 12.2. The summed E-state index contributed by atoms with van der Waals surface area (Å²) in [4.78, 5) is 16.7. The Bertz CT molecular complexity index is 1160. The number of benzene rings is 2. The first-order chi connectivity index (χ1) is 15.0. The van der Waals surface area contributed by atoms with E-state index in [1.165, 1.54) is 0 Å². The smallest absolute Gasteiger partial charge is 0.217 e. The maximum Gasteiger partial charge on any atom is 0.217 e.